The molecule has 15 N–H and O–H groups in total. The van der Waals surface area contributed by atoms with Gasteiger partial charge >= 0.3 is 5.97 Å². The normalized spacial score (nSPS) is 14.9. The lowest BCUT2D eigenvalue weighted by Gasteiger charge is -2.27. The molecule has 5 atom stereocenters. The summed E-state index contributed by atoms with van der Waals surface area (Å²) in [5, 5.41) is 26.8. The third-order valence-electron chi connectivity index (χ3n) is 5.22. The highest BCUT2D eigenvalue weighted by Gasteiger charge is 2.32. The third-order valence-corrected chi connectivity index (χ3v) is 5.22. The Morgan fingerprint density at radius 2 is 1.22 bits per heavy atom. The van der Waals surface area contributed by atoms with E-state index in [1.807, 2.05) is 0 Å². The lowest BCUT2D eigenvalue weighted by atomic mass is 10.0. The predicted octanol–water partition coefficient (Wildman–Crippen LogP) is -4.00. The van der Waals surface area contributed by atoms with Gasteiger partial charge in [0.1, 0.15) is 18.1 Å². The highest BCUT2D eigenvalue weighted by Crippen LogP contribution is 2.06. The number of amides is 3. The fourth-order valence-electron chi connectivity index (χ4n) is 3.02. The van der Waals surface area contributed by atoms with Gasteiger partial charge in [0.2, 0.25) is 17.7 Å². The Morgan fingerprint density at radius 1 is 0.757 bits per heavy atom. The Hall–Kier alpha value is -3.66. The monoisotopic (exact) mass is 530 g/mol. The maximum atomic E-state index is 13.0. The van der Waals surface area contributed by atoms with Gasteiger partial charge in [-0.15, -0.1) is 0 Å². The van der Waals surface area contributed by atoms with E-state index >= 15 is 0 Å². The first-order valence-corrected chi connectivity index (χ1v) is 11.9. The first kappa shape index (κ1) is 33.3. The lowest BCUT2D eigenvalue weighted by molar-refractivity contribution is -0.143. The number of rotatable bonds is 17. The number of nitrogens with two attached hydrogens (primary N) is 5. The second-order valence-electron chi connectivity index (χ2n) is 8.85. The van der Waals surface area contributed by atoms with Gasteiger partial charge in [-0.05, 0) is 38.5 Å². The zero-order valence-corrected chi connectivity index (χ0v) is 21.5. The molecule has 0 spiro atoms. The van der Waals surface area contributed by atoms with Crippen molar-refractivity contribution in [1.29, 1.82) is 0 Å². The average molecular weight is 531 g/mol. The molecular weight excluding hydrogens is 488 g/mol. The number of aliphatic hydroxyl groups is 1. The zero-order chi connectivity index (χ0) is 28.7. The molecule has 212 valence electrons. The van der Waals surface area contributed by atoms with Crippen molar-refractivity contribution < 1.29 is 29.4 Å². The van der Waals surface area contributed by atoms with Gasteiger partial charge in [-0.25, -0.2) is 4.79 Å². The summed E-state index contributed by atoms with van der Waals surface area (Å²) in [6.45, 7) is 5.06. The number of hydrogen-bond donors (Lipinski definition) is 10. The Balaban J connectivity index is 5.49. The molecule has 0 bridgehead atoms. The van der Waals surface area contributed by atoms with Crippen molar-refractivity contribution in [2.75, 3.05) is 13.1 Å². The van der Waals surface area contributed by atoms with Crippen LogP contribution in [-0.4, -0.2) is 89.2 Å². The van der Waals surface area contributed by atoms with Crippen LogP contribution in [-0.2, 0) is 19.2 Å². The molecule has 3 amide bonds. The van der Waals surface area contributed by atoms with Crippen LogP contribution in [0.2, 0.25) is 0 Å². The smallest absolute Gasteiger partial charge is 0.326 e. The molecule has 5 unspecified atom stereocenters. The number of carbonyl (C=O) groups is 4. The van der Waals surface area contributed by atoms with E-state index in [4.69, 9.17) is 28.7 Å². The summed E-state index contributed by atoms with van der Waals surface area (Å²) in [5.74, 6) is -4.10. The first-order valence-electron chi connectivity index (χ1n) is 11.9. The minimum atomic E-state index is -1.51. The van der Waals surface area contributed by atoms with Crippen molar-refractivity contribution in [1.82, 2.24) is 16.0 Å². The van der Waals surface area contributed by atoms with Gasteiger partial charge in [0.15, 0.2) is 11.9 Å². The summed E-state index contributed by atoms with van der Waals surface area (Å²) in [4.78, 5) is 57.4. The summed E-state index contributed by atoms with van der Waals surface area (Å²) in [6, 6.07) is -4.85. The molecule has 0 aliphatic heterocycles. The highest BCUT2D eigenvalue weighted by atomic mass is 16.4. The fourth-order valence-corrected chi connectivity index (χ4v) is 3.02. The number of hydrogen-bond acceptors (Lipinski definition) is 8. The number of aliphatic carboxylic acids is 1. The van der Waals surface area contributed by atoms with E-state index < -0.39 is 54.0 Å². The summed E-state index contributed by atoms with van der Waals surface area (Å²) in [6.07, 6.45) is -0.753. The van der Waals surface area contributed by atoms with E-state index in [0.29, 0.717) is 6.42 Å². The summed E-state index contributed by atoms with van der Waals surface area (Å²) in [7, 11) is 0. The predicted molar refractivity (Wildman–Crippen MR) is 138 cm³/mol. The second kappa shape index (κ2) is 16.9. The van der Waals surface area contributed by atoms with Gasteiger partial charge in [-0.3, -0.25) is 24.4 Å². The van der Waals surface area contributed by atoms with E-state index in [9.17, 15) is 29.4 Å². The minimum Gasteiger partial charge on any atom is -0.480 e. The molecule has 0 rings (SSSR count). The molecule has 0 aromatic carbocycles. The Morgan fingerprint density at radius 3 is 1.62 bits per heavy atom. The van der Waals surface area contributed by atoms with Gasteiger partial charge in [0.05, 0.1) is 12.1 Å². The van der Waals surface area contributed by atoms with Gasteiger partial charge in [-0.1, -0.05) is 13.8 Å². The molecule has 0 saturated carbocycles. The molecular formula is C21H42N10O6. The van der Waals surface area contributed by atoms with Crippen molar-refractivity contribution >= 4 is 35.6 Å². The molecule has 0 aromatic rings. The van der Waals surface area contributed by atoms with E-state index in [2.05, 4.69) is 25.9 Å². The standard InChI is InChI=1S/C21H42N10O6/c1-10(2)14(22)17(34)29-12(6-4-8-27-20(23)24)16(33)31-15(11(3)32)18(35)30-13(19(36)37)7-5-9-28-21(25)26/h10-15,32H,4-9,22H2,1-3H3,(H,29,34)(H,30,35)(H,31,33)(H,36,37)(H4,23,24,27)(H4,25,26,28). The molecule has 0 heterocycles. The quantitative estimate of drug-likeness (QED) is 0.0490. The average Bonchev–Trinajstić information content (AvgIpc) is 2.79. The number of carboxylic acids is 1. The first-order chi connectivity index (χ1) is 17.2. The molecule has 16 heteroatoms. The van der Waals surface area contributed by atoms with E-state index in [0.717, 1.165) is 0 Å². The topological polar surface area (TPSA) is 300 Å². The van der Waals surface area contributed by atoms with Gasteiger partial charge < -0.3 is 54.8 Å². The van der Waals surface area contributed by atoms with Crippen molar-refractivity contribution in [2.45, 2.75) is 76.7 Å². The summed E-state index contributed by atoms with van der Waals surface area (Å²) in [5.41, 5.74) is 26.9. The number of guanidine groups is 2. The van der Waals surface area contributed by atoms with Crippen LogP contribution in [0.5, 0.6) is 0 Å². The molecule has 0 aromatic heterocycles. The molecule has 0 fully saturated rings. The van der Waals surface area contributed by atoms with Crippen LogP contribution in [0.1, 0.15) is 46.5 Å². The largest absolute Gasteiger partial charge is 0.480 e. The number of carboxylic acid groups (broad SMARTS) is 1. The second-order valence-corrected chi connectivity index (χ2v) is 8.85. The van der Waals surface area contributed by atoms with Crippen LogP contribution >= 0.6 is 0 Å². The zero-order valence-electron chi connectivity index (χ0n) is 21.5. The maximum Gasteiger partial charge on any atom is 0.326 e. The molecule has 0 aliphatic carbocycles. The Bertz CT molecular complexity index is 825. The van der Waals surface area contributed by atoms with Gasteiger partial charge in [0.25, 0.3) is 0 Å². The van der Waals surface area contributed by atoms with E-state index in [1.54, 1.807) is 13.8 Å². The van der Waals surface area contributed by atoms with Crippen LogP contribution in [0.25, 0.3) is 0 Å². The third kappa shape index (κ3) is 13.9. The summed E-state index contributed by atoms with van der Waals surface area (Å²) < 4.78 is 0. The Kier molecular flexibility index (Phi) is 15.2. The molecule has 0 aliphatic rings. The maximum absolute atomic E-state index is 13.0. The van der Waals surface area contributed by atoms with Gasteiger partial charge in [0, 0.05) is 13.1 Å². The van der Waals surface area contributed by atoms with Crippen molar-refractivity contribution in [3.8, 4) is 0 Å². The van der Waals surface area contributed by atoms with Crippen molar-refractivity contribution in [3.05, 3.63) is 0 Å². The number of nitrogens with one attached hydrogen (secondary N) is 3. The fraction of sp³-hybridized carbons (Fsp3) is 0.714. The number of nitrogens with zero attached hydrogens (tertiary/aromatic N) is 2. The van der Waals surface area contributed by atoms with Crippen LogP contribution in [0.3, 0.4) is 0 Å². The van der Waals surface area contributed by atoms with Crippen molar-refractivity contribution in [2.24, 2.45) is 44.6 Å². The highest BCUT2D eigenvalue weighted by molar-refractivity contribution is 5.94. The van der Waals surface area contributed by atoms with Crippen LogP contribution in [0.15, 0.2) is 9.98 Å². The molecule has 0 saturated heterocycles. The number of aliphatic imine (C=N–C) groups is 2. The SMILES string of the molecule is CC(C)C(N)C(=O)NC(CCCN=C(N)N)C(=O)NC(C(=O)NC(CCCN=C(N)N)C(=O)O)C(C)O. The summed E-state index contributed by atoms with van der Waals surface area (Å²) >= 11 is 0. The van der Waals surface area contributed by atoms with E-state index in [-0.39, 0.29) is 50.2 Å². The van der Waals surface area contributed by atoms with Crippen LogP contribution in [0.4, 0.5) is 0 Å². The molecule has 37 heavy (non-hydrogen) atoms. The lowest BCUT2D eigenvalue weighted by Crippen LogP contribution is -2.60. The number of aliphatic hydroxyl groups excluding tert-OH is 1. The molecule has 16 nitrogen and oxygen atoms in total. The van der Waals surface area contributed by atoms with Gasteiger partial charge in [-0.2, -0.15) is 0 Å². The molecule has 0 radical (unpaired) electrons. The number of carbonyl (C=O) groups excluding carboxylic acids is 3. The van der Waals surface area contributed by atoms with E-state index in [1.165, 1.54) is 6.92 Å². The van der Waals surface area contributed by atoms with Crippen molar-refractivity contribution in [3.63, 3.8) is 0 Å². The minimum absolute atomic E-state index is 0.00507. The van der Waals surface area contributed by atoms with Crippen LogP contribution in [0, 0.1) is 5.92 Å². The van der Waals surface area contributed by atoms with Crippen LogP contribution < -0.4 is 44.6 Å². The Labute approximate surface area is 215 Å².